The average molecular weight is 482 g/mol. The monoisotopic (exact) mass is 481 g/mol. The highest BCUT2D eigenvalue weighted by Gasteiger charge is 2.29. The number of likely N-dealkylation sites (tertiary alicyclic amines) is 1. The van der Waals surface area contributed by atoms with Gasteiger partial charge in [-0.15, -0.1) is 12.4 Å². The number of rotatable bonds is 4. The van der Waals surface area contributed by atoms with Crippen molar-refractivity contribution in [2.45, 2.75) is 32.4 Å². The molecule has 0 atom stereocenters. The molecular weight excluding hydrogens is 457 g/mol. The largest absolute Gasteiger partial charge is 0.464 e. The van der Waals surface area contributed by atoms with Crippen LogP contribution in [-0.2, 0) is 13.1 Å². The lowest BCUT2D eigenvalue weighted by atomic mass is 9.96. The second-order valence-corrected chi connectivity index (χ2v) is 9.12. The van der Waals surface area contributed by atoms with Gasteiger partial charge in [-0.1, -0.05) is 24.1 Å². The van der Waals surface area contributed by atoms with Gasteiger partial charge in [-0.05, 0) is 67.9 Å². The van der Waals surface area contributed by atoms with E-state index in [-0.39, 0.29) is 18.3 Å². The van der Waals surface area contributed by atoms with E-state index in [1.165, 1.54) is 37.9 Å². The fraction of sp³-hybridized carbons (Fsp3) is 0.269. The van der Waals surface area contributed by atoms with Crippen molar-refractivity contribution < 1.29 is 9.21 Å². The minimum absolute atomic E-state index is 0. The molecule has 0 bridgehead atoms. The molecule has 1 fully saturated rings. The number of amides is 1. The number of hydrogen-bond acceptors (Lipinski definition) is 3. The van der Waals surface area contributed by atoms with Crippen molar-refractivity contribution in [2.24, 2.45) is 0 Å². The molecule has 2 N–H and O–H groups in total. The third-order valence-corrected chi connectivity index (χ3v) is 7.06. The van der Waals surface area contributed by atoms with Crippen LogP contribution in [0.5, 0.6) is 0 Å². The summed E-state index contributed by atoms with van der Waals surface area (Å²) in [5, 5.41) is 4.64. The topological polar surface area (TPSA) is 61.3 Å². The van der Waals surface area contributed by atoms with Gasteiger partial charge in [0.15, 0.2) is 0 Å². The van der Waals surface area contributed by atoms with Gasteiger partial charge in [-0.25, -0.2) is 0 Å². The SMILES string of the molecule is Cl.O=C1NCc2c(Cl)c(-c3ccco3)cc(-c3cc4cc(CN5CCCCC5)ccc4[nH]3)c21. The minimum atomic E-state index is -0.0904. The number of furan rings is 1. The number of halogens is 2. The molecule has 1 amide bonds. The van der Waals surface area contributed by atoms with E-state index in [9.17, 15) is 4.79 Å². The average Bonchev–Trinajstić information content (AvgIpc) is 3.55. The predicted molar refractivity (Wildman–Crippen MR) is 134 cm³/mol. The van der Waals surface area contributed by atoms with Crippen LogP contribution in [0.4, 0.5) is 0 Å². The highest BCUT2D eigenvalue weighted by atomic mass is 35.5. The van der Waals surface area contributed by atoms with Crippen LogP contribution in [0.2, 0.25) is 5.02 Å². The van der Waals surface area contributed by atoms with E-state index in [4.69, 9.17) is 16.0 Å². The summed E-state index contributed by atoms with van der Waals surface area (Å²) in [5.74, 6) is 0.602. The molecule has 5 nitrogen and oxygen atoms in total. The maximum atomic E-state index is 12.7. The van der Waals surface area contributed by atoms with Gasteiger partial charge in [-0.2, -0.15) is 0 Å². The van der Waals surface area contributed by atoms with Crippen LogP contribution in [0, 0.1) is 0 Å². The molecule has 0 radical (unpaired) electrons. The van der Waals surface area contributed by atoms with Crippen molar-refractivity contribution >= 4 is 40.8 Å². The standard InChI is InChI=1S/C26H24ClN3O2.ClH/c27-25-19(23-5-4-10-32-23)13-18(24-20(25)14-28-26(24)31)22-12-17-11-16(6-7-21(17)29-22)15-30-8-2-1-3-9-30;/h4-7,10-13,29H,1-3,8-9,14-15H2,(H,28,31);1H. The molecular formula is C26H25Cl2N3O2. The van der Waals surface area contributed by atoms with Gasteiger partial charge >= 0.3 is 0 Å². The summed E-state index contributed by atoms with van der Waals surface area (Å²) in [7, 11) is 0. The summed E-state index contributed by atoms with van der Waals surface area (Å²) >= 11 is 6.70. The molecule has 0 saturated carbocycles. The number of benzene rings is 2. The van der Waals surface area contributed by atoms with Gasteiger partial charge in [0.1, 0.15) is 5.76 Å². The Balaban J connectivity index is 0.00000228. The summed E-state index contributed by atoms with van der Waals surface area (Å²) in [6.07, 6.45) is 5.56. The molecule has 4 heterocycles. The number of carbonyl (C=O) groups excluding carboxylic acids is 1. The smallest absolute Gasteiger partial charge is 0.252 e. The van der Waals surface area contributed by atoms with E-state index >= 15 is 0 Å². The number of piperidine rings is 1. The number of nitrogens with zero attached hydrogens (tertiary/aromatic N) is 1. The number of nitrogens with one attached hydrogen (secondary N) is 2. The third-order valence-electron chi connectivity index (χ3n) is 6.63. The molecule has 2 aliphatic heterocycles. The molecule has 1 saturated heterocycles. The van der Waals surface area contributed by atoms with Crippen molar-refractivity contribution in [3.05, 3.63) is 70.4 Å². The Bertz CT molecular complexity index is 1320. The Morgan fingerprint density at radius 2 is 1.88 bits per heavy atom. The van der Waals surface area contributed by atoms with Crippen LogP contribution >= 0.6 is 24.0 Å². The Morgan fingerprint density at radius 1 is 1.03 bits per heavy atom. The van der Waals surface area contributed by atoms with Crippen molar-refractivity contribution in [1.82, 2.24) is 15.2 Å². The first-order chi connectivity index (χ1) is 15.7. The second kappa shape index (κ2) is 8.90. The fourth-order valence-electron chi connectivity index (χ4n) is 5.02. The van der Waals surface area contributed by atoms with Crippen molar-refractivity contribution in [2.75, 3.05) is 13.1 Å². The molecule has 7 heteroatoms. The van der Waals surface area contributed by atoms with Crippen LogP contribution < -0.4 is 5.32 Å². The lowest BCUT2D eigenvalue weighted by molar-refractivity contribution is 0.0966. The first kappa shape index (κ1) is 22.1. The molecule has 2 aliphatic rings. The molecule has 33 heavy (non-hydrogen) atoms. The predicted octanol–water partition coefficient (Wildman–Crippen LogP) is 6.40. The lowest BCUT2D eigenvalue weighted by Gasteiger charge is -2.26. The fourth-order valence-corrected chi connectivity index (χ4v) is 5.33. The molecule has 2 aromatic carbocycles. The van der Waals surface area contributed by atoms with E-state index < -0.39 is 0 Å². The maximum absolute atomic E-state index is 12.7. The van der Waals surface area contributed by atoms with Crippen molar-refractivity contribution in [3.63, 3.8) is 0 Å². The zero-order valence-electron chi connectivity index (χ0n) is 18.1. The van der Waals surface area contributed by atoms with E-state index in [0.717, 1.165) is 39.8 Å². The summed E-state index contributed by atoms with van der Waals surface area (Å²) in [6.45, 7) is 3.77. The number of aromatic amines is 1. The van der Waals surface area contributed by atoms with Gasteiger partial charge in [0.25, 0.3) is 5.91 Å². The Morgan fingerprint density at radius 3 is 2.67 bits per heavy atom. The Kier molecular flexibility index (Phi) is 5.95. The van der Waals surface area contributed by atoms with Crippen LogP contribution in [0.1, 0.15) is 40.7 Å². The molecule has 0 aliphatic carbocycles. The van der Waals surface area contributed by atoms with Crippen molar-refractivity contribution in [1.29, 1.82) is 0 Å². The van der Waals surface area contributed by atoms with E-state index in [1.54, 1.807) is 6.26 Å². The van der Waals surface area contributed by atoms with Crippen LogP contribution in [0.15, 0.2) is 53.1 Å². The first-order valence-electron chi connectivity index (χ1n) is 11.2. The molecule has 6 rings (SSSR count). The summed E-state index contributed by atoms with van der Waals surface area (Å²) in [5.41, 5.74) is 6.40. The van der Waals surface area contributed by atoms with Gasteiger partial charge in [0.05, 0.1) is 16.8 Å². The highest BCUT2D eigenvalue weighted by Crippen LogP contribution is 2.41. The Labute approximate surface area is 203 Å². The zero-order valence-corrected chi connectivity index (χ0v) is 19.7. The number of aromatic nitrogens is 1. The summed E-state index contributed by atoms with van der Waals surface area (Å²) < 4.78 is 5.62. The zero-order chi connectivity index (χ0) is 21.7. The quantitative estimate of drug-likeness (QED) is 0.354. The minimum Gasteiger partial charge on any atom is -0.464 e. The summed E-state index contributed by atoms with van der Waals surface area (Å²) in [6, 6.07) is 14.4. The van der Waals surface area contributed by atoms with Crippen molar-refractivity contribution in [3.8, 4) is 22.6 Å². The molecule has 0 spiro atoms. The van der Waals surface area contributed by atoms with E-state index in [2.05, 4.69) is 39.5 Å². The summed E-state index contributed by atoms with van der Waals surface area (Å²) in [4.78, 5) is 18.7. The normalized spacial score (nSPS) is 16.0. The Hall–Kier alpha value is -2.73. The van der Waals surface area contributed by atoms with Crippen LogP contribution in [-0.4, -0.2) is 28.9 Å². The van der Waals surface area contributed by atoms with Gasteiger partial charge < -0.3 is 14.7 Å². The number of hydrogen-bond donors (Lipinski definition) is 2. The maximum Gasteiger partial charge on any atom is 0.252 e. The molecule has 0 unspecified atom stereocenters. The number of H-pyrrole nitrogens is 1. The molecule has 2 aromatic heterocycles. The van der Waals surface area contributed by atoms with Gasteiger partial charge in [0.2, 0.25) is 0 Å². The molecule has 170 valence electrons. The van der Waals surface area contributed by atoms with Crippen LogP contribution in [0.3, 0.4) is 0 Å². The van der Waals surface area contributed by atoms with Gasteiger partial charge in [0, 0.05) is 46.4 Å². The highest BCUT2D eigenvalue weighted by molar-refractivity contribution is 6.35. The van der Waals surface area contributed by atoms with E-state index in [0.29, 0.717) is 22.9 Å². The second-order valence-electron chi connectivity index (χ2n) is 8.74. The third kappa shape index (κ3) is 3.95. The molecule has 4 aromatic rings. The van der Waals surface area contributed by atoms with Gasteiger partial charge in [-0.3, -0.25) is 9.69 Å². The van der Waals surface area contributed by atoms with E-state index in [1.807, 2.05) is 18.2 Å². The first-order valence-corrected chi connectivity index (χ1v) is 11.6. The lowest BCUT2D eigenvalue weighted by Crippen LogP contribution is -2.28. The number of carbonyl (C=O) groups is 1. The van der Waals surface area contributed by atoms with Crippen LogP contribution in [0.25, 0.3) is 33.5 Å². The number of fused-ring (bicyclic) bond motifs is 2.